The van der Waals surface area contributed by atoms with E-state index >= 15 is 0 Å². The molecular formula is C26H29NO9S3. The molecule has 0 spiro atoms. The second-order valence-electron chi connectivity index (χ2n) is 7.89. The zero-order valence-electron chi connectivity index (χ0n) is 21.3. The molecule has 0 saturated carbocycles. The lowest BCUT2D eigenvalue weighted by molar-refractivity contribution is 0.481. The first-order valence-electron chi connectivity index (χ1n) is 11.0. The summed E-state index contributed by atoms with van der Waals surface area (Å²) < 4.78 is 88.7. The van der Waals surface area contributed by atoms with Crippen LogP contribution in [-0.4, -0.2) is 43.9 Å². The largest absolute Gasteiger partial charge is 0.294 e. The summed E-state index contributed by atoms with van der Waals surface area (Å²) in [5.41, 5.74) is 2.87. The van der Waals surface area contributed by atoms with Gasteiger partial charge in [-0.2, -0.15) is 25.3 Å². The predicted molar refractivity (Wildman–Crippen MR) is 147 cm³/mol. The van der Waals surface area contributed by atoms with Crippen LogP contribution in [0, 0.1) is 20.8 Å². The van der Waals surface area contributed by atoms with Gasteiger partial charge in [-0.25, -0.2) is 0 Å². The van der Waals surface area contributed by atoms with Gasteiger partial charge >= 0.3 is 0 Å². The van der Waals surface area contributed by atoms with Gasteiger partial charge in [0.1, 0.15) is 0 Å². The van der Waals surface area contributed by atoms with E-state index in [4.69, 9.17) is 13.7 Å². The SMILES string of the molecule is Cc1ccc(S(=O)(=O)O)cc1.Cc1ccc(S(=O)(=O)O)cc1.Cc1ccc(S(=O)(=O)O)cc1.c1ccncc1. The summed E-state index contributed by atoms with van der Waals surface area (Å²) in [5, 5.41) is 0. The number of pyridine rings is 1. The van der Waals surface area contributed by atoms with Crippen LogP contribution >= 0.6 is 0 Å². The second-order valence-corrected chi connectivity index (χ2v) is 12.2. The van der Waals surface area contributed by atoms with E-state index in [0.29, 0.717) is 0 Å². The fourth-order valence-corrected chi connectivity index (χ4v) is 3.88. The molecule has 0 amide bonds. The van der Waals surface area contributed by atoms with Crippen LogP contribution in [0.4, 0.5) is 0 Å². The van der Waals surface area contributed by atoms with Crippen molar-refractivity contribution < 1.29 is 38.9 Å². The van der Waals surface area contributed by atoms with Gasteiger partial charge in [-0.1, -0.05) is 59.2 Å². The quantitative estimate of drug-likeness (QED) is 0.279. The second kappa shape index (κ2) is 15.2. The van der Waals surface area contributed by atoms with Crippen molar-refractivity contribution in [3.63, 3.8) is 0 Å². The first-order chi connectivity index (χ1) is 18.0. The highest BCUT2D eigenvalue weighted by Crippen LogP contribution is 2.10. The zero-order chi connectivity index (χ0) is 29.7. The van der Waals surface area contributed by atoms with Gasteiger partial charge in [0, 0.05) is 12.4 Å². The summed E-state index contributed by atoms with van der Waals surface area (Å²) in [5.74, 6) is 0. The van der Waals surface area contributed by atoms with Gasteiger partial charge in [0.15, 0.2) is 0 Å². The number of hydrogen-bond acceptors (Lipinski definition) is 7. The lowest BCUT2D eigenvalue weighted by atomic mass is 10.2. The molecule has 0 unspecified atom stereocenters. The number of benzene rings is 3. The average molecular weight is 596 g/mol. The Balaban J connectivity index is 0.000000265. The van der Waals surface area contributed by atoms with Crippen LogP contribution in [0.5, 0.6) is 0 Å². The van der Waals surface area contributed by atoms with Crippen molar-refractivity contribution in [1.82, 2.24) is 4.98 Å². The molecule has 10 nitrogen and oxygen atoms in total. The van der Waals surface area contributed by atoms with Gasteiger partial charge in [0.25, 0.3) is 30.4 Å². The Morgan fingerprint density at radius 2 is 0.667 bits per heavy atom. The van der Waals surface area contributed by atoms with Crippen LogP contribution in [0.3, 0.4) is 0 Å². The highest BCUT2D eigenvalue weighted by atomic mass is 32.2. The topological polar surface area (TPSA) is 176 Å². The minimum atomic E-state index is -4.02. The Hall–Kier alpha value is -3.46. The van der Waals surface area contributed by atoms with Gasteiger partial charge in [-0.05, 0) is 69.3 Å². The van der Waals surface area contributed by atoms with Gasteiger partial charge < -0.3 is 0 Å². The van der Waals surface area contributed by atoms with Crippen LogP contribution in [0.1, 0.15) is 16.7 Å². The maximum Gasteiger partial charge on any atom is 0.294 e. The van der Waals surface area contributed by atoms with Crippen LogP contribution < -0.4 is 0 Å². The summed E-state index contributed by atoms with van der Waals surface area (Å²) in [7, 11) is -12.1. The molecule has 3 N–H and O–H groups in total. The summed E-state index contributed by atoms with van der Waals surface area (Å²) >= 11 is 0. The average Bonchev–Trinajstić information content (AvgIpc) is 2.85. The van der Waals surface area contributed by atoms with Crippen LogP contribution in [-0.2, 0) is 30.4 Å². The van der Waals surface area contributed by atoms with Crippen LogP contribution in [0.2, 0.25) is 0 Å². The maximum absolute atomic E-state index is 10.5. The molecule has 4 rings (SSSR count). The molecule has 3 aromatic carbocycles. The van der Waals surface area contributed by atoms with E-state index in [-0.39, 0.29) is 14.7 Å². The van der Waals surface area contributed by atoms with Crippen molar-refractivity contribution in [3.8, 4) is 0 Å². The molecule has 0 atom stereocenters. The molecule has 39 heavy (non-hydrogen) atoms. The fourth-order valence-electron chi connectivity index (χ4n) is 2.44. The van der Waals surface area contributed by atoms with Crippen molar-refractivity contribution in [2.75, 3.05) is 0 Å². The molecule has 0 saturated heterocycles. The molecule has 0 aliphatic rings. The fraction of sp³-hybridized carbons (Fsp3) is 0.115. The lowest BCUT2D eigenvalue weighted by Gasteiger charge is -1.95. The number of aryl methyl sites for hydroxylation is 3. The van der Waals surface area contributed by atoms with Crippen molar-refractivity contribution in [2.45, 2.75) is 35.5 Å². The van der Waals surface area contributed by atoms with E-state index in [9.17, 15) is 25.3 Å². The van der Waals surface area contributed by atoms with Gasteiger partial charge in [0.2, 0.25) is 0 Å². The third kappa shape index (κ3) is 14.3. The Kier molecular flexibility index (Phi) is 13.1. The molecule has 4 aromatic rings. The van der Waals surface area contributed by atoms with Crippen molar-refractivity contribution in [2.24, 2.45) is 0 Å². The van der Waals surface area contributed by atoms with Crippen molar-refractivity contribution in [1.29, 1.82) is 0 Å². The first-order valence-corrected chi connectivity index (χ1v) is 15.3. The lowest BCUT2D eigenvalue weighted by Crippen LogP contribution is -1.96. The summed E-state index contributed by atoms with van der Waals surface area (Å²) in [4.78, 5) is 3.59. The van der Waals surface area contributed by atoms with Gasteiger partial charge in [-0.15, -0.1) is 0 Å². The van der Waals surface area contributed by atoms with E-state index in [0.717, 1.165) is 16.7 Å². The van der Waals surface area contributed by atoms with E-state index in [1.807, 2.05) is 39.0 Å². The third-order valence-electron chi connectivity index (χ3n) is 4.52. The van der Waals surface area contributed by atoms with Crippen molar-refractivity contribution in [3.05, 3.63) is 120 Å². The summed E-state index contributed by atoms with van der Waals surface area (Å²) in [6, 6.07) is 23.7. The van der Waals surface area contributed by atoms with E-state index in [1.54, 1.807) is 48.8 Å². The monoisotopic (exact) mass is 595 g/mol. The molecule has 1 heterocycles. The first kappa shape index (κ1) is 33.6. The van der Waals surface area contributed by atoms with Crippen LogP contribution in [0.15, 0.2) is 118 Å². The molecule has 0 radical (unpaired) electrons. The van der Waals surface area contributed by atoms with E-state index < -0.39 is 30.4 Å². The normalized spacial score (nSPS) is 10.9. The summed E-state index contributed by atoms with van der Waals surface area (Å²) in [6.07, 6.45) is 3.50. The molecule has 0 aliphatic heterocycles. The number of hydrogen-bond donors (Lipinski definition) is 3. The smallest absolute Gasteiger partial charge is 0.282 e. The Morgan fingerprint density at radius 1 is 0.436 bits per heavy atom. The predicted octanol–water partition coefficient (Wildman–Crippen LogP) is 4.81. The molecule has 210 valence electrons. The van der Waals surface area contributed by atoms with E-state index in [2.05, 4.69) is 4.98 Å². The standard InChI is InChI=1S/3C7H8O3S.C5H5N/c3*1-6-2-4-7(5-3-6)11(8,9)10;1-2-4-6-5-3-1/h3*2-5H,1H3,(H,8,9,10);1-5H. The molecule has 1 aromatic heterocycles. The number of rotatable bonds is 3. The molecule has 0 bridgehead atoms. The number of aromatic nitrogens is 1. The highest BCUT2D eigenvalue weighted by molar-refractivity contribution is 7.86. The molecule has 0 aliphatic carbocycles. The Morgan fingerprint density at radius 3 is 0.795 bits per heavy atom. The minimum absolute atomic E-state index is 0.0666. The maximum atomic E-state index is 10.5. The van der Waals surface area contributed by atoms with E-state index in [1.165, 1.54) is 36.4 Å². The molecular weight excluding hydrogens is 566 g/mol. The van der Waals surface area contributed by atoms with Crippen molar-refractivity contribution >= 4 is 30.4 Å². The third-order valence-corrected chi connectivity index (χ3v) is 7.13. The number of nitrogens with zero attached hydrogens (tertiary/aromatic N) is 1. The molecule has 0 fully saturated rings. The van der Waals surface area contributed by atoms with Crippen LogP contribution in [0.25, 0.3) is 0 Å². The minimum Gasteiger partial charge on any atom is -0.282 e. The highest BCUT2D eigenvalue weighted by Gasteiger charge is 2.08. The Bertz CT molecular complexity index is 1400. The summed E-state index contributed by atoms with van der Waals surface area (Å²) in [6.45, 7) is 5.52. The van der Waals surface area contributed by atoms with Gasteiger partial charge in [0.05, 0.1) is 14.7 Å². The molecule has 13 heteroatoms. The Labute approximate surface area is 229 Å². The zero-order valence-corrected chi connectivity index (χ0v) is 23.7. The van der Waals surface area contributed by atoms with Gasteiger partial charge in [-0.3, -0.25) is 18.6 Å².